The van der Waals surface area contributed by atoms with Gasteiger partial charge >= 0.3 is 6.18 Å². The van der Waals surface area contributed by atoms with Gasteiger partial charge in [-0.1, -0.05) is 6.42 Å². The zero-order valence-corrected chi connectivity index (χ0v) is 13.6. The van der Waals surface area contributed by atoms with E-state index in [1.165, 1.54) is 0 Å². The Bertz CT molecular complexity index is 735. The van der Waals surface area contributed by atoms with Crippen LogP contribution in [0.5, 0.6) is 0 Å². The first-order valence-corrected chi connectivity index (χ1v) is 8.35. The van der Waals surface area contributed by atoms with Crippen molar-refractivity contribution >= 4 is 22.5 Å². The van der Waals surface area contributed by atoms with E-state index >= 15 is 0 Å². The van der Waals surface area contributed by atoms with Crippen LogP contribution in [0.4, 0.5) is 18.9 Å². The molecule has 3 rings (SSSR count). The highest BCUT2D eigenvalue weighted by Crippen LogP contribution is 2.40. The first-order valence-electron chi connectivity index (χ1n) is 8.35. The highest BCUT2D eigenvalue weighted by atomic mass is 19.4. The molecule has 3 nitrogen and oxygen atoms in total. The molecular weight excluding hydrogens is 317 g/mol. The molecule has 1 heterocycles. The Labute approximate surface area is 138 Å². The van der Waals surface area contributed by atoms with Crippen LogP contribution >= 0.6 is 0 Å². The van der Waals surface area contributed by atoms with Gasteiger partial charge in [-0.05, 0) is 50.5 Å². The predicted octanol–water partition coefficient (Wildman–Crippen LogP) is 4.97. The second-order valence-electron chi connectivity index (χ2n) is 6.47. The van der Waals surface area contributed by atoms with Crippen LogP contribution in [0.1, 0.15) is 32.6 Å². The van der Waals surface area contributed by atoms with Crippen molar-refractivity contribution < 1.29 is 18.0 Å². The van der Waals surface area contributed by atoms with Gasteiger partial charge in [0, 0.05) is 35.2 Å². The third-order valence-electron chi connectivity index (χ3n) is 4.89. The minimum Gasteiger partial charge on any atom is -0.348 e. The summed E-state index contributed by atoms with van der Waals surface area (Å²) in [4.78, 5) is 12.4. The molecule has 1 aliphatic carbocycles. The Morgan fingerprint density at radius 2 is 2.08 bits per heavy atom. The molecule has 0 radical (unpaired) electrons. The smallest absolute Gasteiger partial charge is 0.348 e. The number of fused-ring (bicyclic) bond motifs is 1. The van der Waals surface area contributed by atoms with Gasteiger partial charge < -0.3 is 9.88 Å². The summed E-state index contributed by atoms with van der Waals surface area (Å²) in [6, 6.07) is 7.56. The SMILES string of the molecule is CCn1ccc2cc(NC(=O)C3CCCC(C(F)(F)F)C3)ccc21. The normalized spacial score (nSPS) is 21.8. The van der Waals surface area contributed by atoms with E-state index in [0.717, 1.165) is 17.4 Å². The highest BCUT2D eigenvalue weighted by Gasteiger charge is 2.43. The maximum atomic E-state index is 12.9. The summed E-state index contributed by atoms with van der Waals surface area (Å²) in [5, 5.41) is 3.79. The van der Waals surface area contributed by atoms with E-state index < -0.39 is 18.0 Å². The molecule has 0 spiro atoms. The lowest BCUT2D eigenvalue weighted by atomic mass is 9.80. The van der Waals surface area contributed by atoms with Crippen molar-refractivity contribution in [1.82, 2.24) is 4.57 Å². The van der Waals surface area contributed by atoms with Crippen LogP contribution < -0.4 is 5.32 Å². The lowest BCUT2D eigenvalue weighted by Crippen LogP contribution is -2.34. The highest BCUT2D eigenvalue weighted by molar-refractivity contribution is 5.95. The van der Waals surface area contributed by atoms with Gasteiger partial charge in [0.2, 0.25) is 5.91 Å². The summed E-state index contributed by atoms with van der Waals surface area (Å²) < 4.78 is 40.7. The molecule has 1 aliphatic rings. The van der Waals surface area contributed by atoms with E-state index in [2.05, 4.69) is 16.8 Å². The van der Waals surface area contributed by atoms with Crippen molar-refractivity contribution in [3.05, 3.63) is 30.5 Å². The van der Waals surface area contributed by atoms with Crippen LogP contribution in [0.2, 0.25) is 0 Å². The number of nitrogens with zero attached hydrogens (tertiary/aromatic N) is 1. The van der Waals surface area contributed by atoms with Crippen LogP contribution in [0.25, 0.3) is 10.9 Å². The number of nitrogens with one attached hydrogen (secondary N) is 1. The van der Waals surface area contributed by atoms with Crippen molar-refractivity contribution in [2.75, 3.05) is 5.32 Å². The lowest BCUT2D eigenvalue weighted by molar-refractivity contribution is -0.185. The summed E-state index contributed by atoms with van der Waals surface area (Å²) in [7, 11) is 0. The standard InChI is InChI=1S/C18H21F3N2O/c1-2-23-9-8-12-11-15(6-7-16(12)23)22-17(24)13-4-3-5-14(10-13)18(19,20)21/h6-9,11,13-14H,2-5,10H2,1H3,(H,22,24). The van der Waals surface area contributed by atoms with Gasteiger partial charge in [-0.3, -0.25) is 4.79 Å². The van der Waals surface area contributed by atoms with E-state index in [4.69, 9.17) is 0 Å². The molecule has 24 heavy (non-hydrogen) atoms. The number of hydrogen-bond donors (Lipinski definition) is 1. The zero-order valence-electron chi connectivity index (χ0n) is 13.6. The van der Waals surface area contributed by atoms with E-state index in [-0.39, 0.29) is 18.7 Å². The Hall–Kier alpha value is -1.98. The number of aromatic nitrogens is 1. The molecule has 0 saturated heterocycles. The number of hydrogen-bond acceptors (Lipinski definition) is 1. The van der Waals surface area contributed by atoms with E-state index in [9.17, 15) is 18.0 Å². The molecule has 130 valence electrons. The van der Waals surface area contributed by atoms with Gasteiger partial charge in [0.05, 0.1) is 5.92 Å². The van der Waals surface area contributed by atoms with Gasteiger partial charge in [-0.15, -0.1) is 0 Å². The molecule has 6 heteroatoms. The van der Waals surface area contributed by atoms with Gasteiger partial charge in [0.25, 0.3) is 0 Å². The summed E-state index contributed by atoms with van der Waals surface area (Å²) in [5.41, 5.74) is 1.71. The summed E-state index contributed by atoms with van der Waals surface area (Å²) in [5.74, 6) is -2.23. The Balaban J connectivity index is 1.70. The van der Waals surface area contributed by atoms with Crippen LogP contribution in [-0.2, 0) is 11.3 Å². The number of aryl methyl sites for hydroxylation is 1. The molecular formula is C18H21F3N2O. The van der Waals surface area contributed by atoms with E-state index in [1.54, 1.807) is 6.07 Å². The quantitative estimate of drug-likeness (QED) is 0.842. The number of halogens is 3. The number of alkyl halides is 3. The molecule has 2 atom stereocenters. The fourth-order valence-electron chi connectivity index (χ4n) is 3.52. The predicted molar refractivity (Wildman–Crippen MR) is 87.7 cm³/mol. The minimum atomic E-state index is -4.21. The van der Waals surface area contributed by atoms with Crippen molar-refractivity contribution in [1.29, 1.82) is 0 Å². The summed E-state index contributed by atoms with van der Waals surface area (Å²) in [6.45, 7) is 2.91. The molecule has 2 aromatic rings. The maximum absolute atomic E-state index is 12.9. The van der Waals surface area contributed by atoms with Crippen LogP contribution in [0.3, 0.4) is 0 Å². The number of rotatable bonds is 3. The molecule has 1 fully saturated rings. The molecule has 2 unspecified atom stereocenters. The van der Waals surface area contributed by atoms with Crippen molar-refractivity contribution in [2.24, 2.45) is 11.8 Å². The molecule has 0 aliphatic heterocycles. The van der Waals surface area contributed by atoms with E-state index in [0.29, 0.717) is 18.5 Å². The third-order valence-corrected chi connectivity index (χ3v) is 4.89. The molecule has 1 aromatic carbocycles. The van der Waals surface area contributed by atoms with Gasteiger partial charge in [0.15, 0.2) is 0 Å². The maximum Gasteiger partial charge on any atom is 0.391 e. The Kier molecular flexibility index (Phi) is 4.56. The first-order chi connectivity index (χ1) is 11.4. The van der Waals surface area contributed by atoms with E-state index in [1.807, 2.05) is 24.4 Å². The number of carbonyl (C=O) groups excluding carboxylic acids is 1. The molecule has 1 N–H and O–H groups in total. The monoisotopic (exact) mass is 338 g/mol. The fraction of sp³-hybridized carbons (Fsp3) is 0.500. The van der Waals surface area contributed by atoms with Crippen LogP contribution in [0, 0.1) is 11.8 Å². The van der Waals surface area contributed by atoms with Crippen LogP contribution in [0.15, 0.2) is 30.5 Å². The Morgan fingerprint density at radius 1 is 1.29 bits per heavy atom. The van der Waals surface area contributed by atoms with Gasteiger partial charge in [-0.2, -0.15) is 13.2 Å². The number of amides is 1. The Morgan fingerprint density at radius 3 is 2.79 bits per heavy atom. The second kappa shape index (κ2) is 6.49. The number of benzene rings is 1. The van der Waals surface area contributed by atoms with Crippen molar-refractivity contribution in [3.63, 3.8) is 0 Å². The van der Waals surface area contributed by atoms with Crippen molar-refractivity contribution in [3.8, 4) is 0 Å². The number of carbonyl (C=O) groups is 1. The first kappa shape index (κ1) is 16.9. The topological polar surface area (TPSA) is 34.0 Å². The summed E-state index contributed by atoms with van der Waals surface area (Å²) >= 11 is 0. The molecule has 1 saturated carbocycles. The molecule has 1 amide bonds. The number of anilines is 1. The molecule has 1 aromatic heterocycles. The third kappa shape index (κ3) is 3.42. The second-order valence-corrected chi connectivity index (χ2v) is 6.47. The summed E-state index contributed by atoms with van der Waals surface area (Å²) in [6.07, 6.45) is -1.24. The zero-order chi connectivity index (χ0) is 17.3. The molecule has 0 bridgehead atoms. The average Bonchev–Trinajstić information content (AvgIpc) is 2.96. The fourth-order valence-corrected chi connectivity index (χ4v) is 3.52. The van der Waals surface area contributed by atoms with Crippen LogP contribution in [-0.4, -0.2) is 16.7 Å². The minimum absolute atomic E-state index is 0.107. The van der Waals surface area contributed by atoms with Gasteiger partial charge in [0.1, 0.15) is 0 Å². The van der Waals surface area contributed by atoms with Gasteiger partial charge in [-0.25, -0.2) is 0 Å². The average molecular weight is 338 g/mol. The van der Waals surface area contributed by atoms with Crippen molar-refractivity contribution in [2.45, 2.75) is 45.3 Å². The lowest BCUT2D eigenvalue weighted by Gasteiger charge is -2.29. The largest absolute Gasteiger partial charge is 0.391 e.